The molecule has 29 heavy (non-hydrogen) atoms. The number of nitrogens with zero attached hydrogens (tertiary/aromatic N) is 5. The number of amides is 1. The minimum atomic E-state index is -0.0586. The average Bonchev–Trinajstić information content (AvgIpc) is 3.28. The van der Waals surface area contributed by atoms with Gasteiger partial charge in [0.2, 0.25) is 5.91 Å². The van der Waals surface area contributed by atoms with Crippen LogP contribution in [-0.2, 0) is 11.3 Å². The van der Waals surface area contributed by atoms with E-state index in [1.165, 1.54) is 0 Å². The molecule has 5 rings (SSSR count). The highest BCUT2D eigenvalue weighted by molar-refractivity contribution is 5.84. The van der Waals surface area contributed by atoms with E-state index in [0.717, 1.165) is 41.8 Å². The minimum absolute atomic E-state index is 0.0586. The van der Waals surface area contributed by atoms with E-state index in [0.29, 0.717) is 18.7 Å². The van der Waals surface area contributed by atoms with Crippen LogP contribution in [0.2, 0.25) is 0 Å². The van der Waals surface area contributed by atoms with Crippen LogP contribution in [0.1, 0.15) is 18.4 Å². The average molecular weight is 386 g/mol. The molecule has 0 aliphatic carbocycles. The molecule has 4 aromatic heterocycles. The Bertz CT molecular complexity index is 1160. The summed E-state index contributed by atoms with van der Waals surface area (Å²) in [5.74, 6) is 0.923. The number of pyridine rings is 2. The number of hydrogen-bond acceptors (Lipinski definition) is 5. The first kappa shape index (κ1) is 17.6. The first-order valence-corrected chi connectivity index (χ1v) is 9.93. The molecule has 1 unspecified atom stereocenters. The molecule has 0 radical (unpaired) electrons. The van der Waals surface area contributed by atoms with Gasteiger partial charge in [-0.1, -0.05) is 6.07 Å². The number of carbonyl (C=O) groups excluding carboxylic acids is 1. The van der Waals surface area contributed by atoms with E-state index in [1.54, 1.807) is 18.6 Å². The number of anilines is 1. The quantitative estimate of drug-likeness (QED) is 0.584. The predicted molar refractivity (Wildman–Crippen MR) is 112 cm³/mol. The lowest BCUT2D eigenvalue weighted by Crippen LogP contribution is -2.43. The molecule has 7 nitrogen and oxygen atoms in total. The van der Waals surface area contributed by atoms with Crippen LogP contribution in [0.15, 0.2) is 61.2 Å². The van der Waals surface area contributed by atoms with Gasteiger partial charge in [-0.15, -0.1) is 0 Å². The molecular formula is C22H22N6O. The molecule has 1 N–H and O–H groups in total. The van der Waals surface area contributed by atoms with Crippen molar-refractivity contribution in [3.05, 3.63) is 66.7 Å². The van der Waals surface area contributed by atoms with Crippen LogP contribution >= 0.6 is 0 Å². The fraction of sp³-hybridized carbons (Fsp3) is 0.273. The molecule has 0 aromatic carbocycles. The maximum atomic E-state index is 12.8. The Kier molecular flexibility index (Phi) is 4.56. The van der Waals surface area contributed by atoms with Crippen LogP contribution in [-0.4, -0.2) is 38.3 Å². The number of piperidine rings is 1. The zero-order valence-corrected chi connectivity index (χ0v) is 16.0. The summed E-state index contributed by atoms with van der Waals surface area (Å²) in [5, 5.41) is 3.06. The summed E-state index contributed by atoms with van der Waals surface area (Å²) < 4.78 is 2.12. The lowest BCUT2D eigenvalue weighted by Gasteiger charge is -2.33. The summed E-state index contributed by atoms with van der Waals surface area (Å²) >= 11 is 0. The second-order valence-electron chi connectivity index (χ2n) is 7.41. The van der Waals surface area contributed by atoms with E-state index < -0.39 is 0 Å². The molecule has 1 fully saturated rings. The fourth-order valence-corrected chi connectivity index (χ4v) is 4.05. The first-order valence-electron chi connectivity index (χ1n) is 9.93. The smallest absolute Gasteiger partial charge is 0.225 e. The fourth-order valence-electron chi connectivity index (χ4n) is 4.05. The largest absolute Gasteiger partial charge is 0.354 e. The third kappa shape index (κ3) is 3.40. The molecule has 5 heterocycles. The highest BCUT2D eigenvalue weighted by Crippen LogP contribution is 2.28. The molecule has 0 saturated carbocycles. The van der Waals surface area contributed by atoms with Crippen molar-refractivity contribution >= 4 is 28.4 Å². The molecule has 4 aromatic rings. The topological polar surface area (TPSA) is 75.4 Å². The number of nitrogens with one attached hydrogen (secondary N) is 1. The van der Waals surface area contributed by atoms with Crippen molar-refractivity contribution < 1.29 is 4.79 Å². The van der Waals surface area contributed by atoms with Crippen molar-refractivity contribution in [3.63, 3.8) is 0 Å². The van der Waals surface area contributed by atoms with E-state index in [-0.39, 0.29) is 11.8 Å². The standard InChI is InChI=1S/C22H22N6O/c29-22(25-14-16-5-1-9-23-13-16)17-6-3-11-27(15-17)21-19-8-4-12-28(19)18-7-2-10-24-20(18)26-21/h1-2,4-5,7-10,12-13,17H,3,6,11,14-15H2,(H,25,29). The monoisotopic (exact) mass is 386 g/mol. The van der Waals surface area contributed by atoms with Crippen LogP contribution in [0.4, 0.5) is 5.82 Å². The Hall–Kier alpha value is -3.48. The summed E-state index contributed by atoms with van der Waals surface area (Å²) in [4.78, 5) is 28.4. The minimum Gasteiger partial charge on any atom is -0.354 e. The van der Waals surface area contributed by atoms with E-state index in [4.69, 9.17) is 4.98 Å². The van der Waals surface area contributed by atoms with Crippen molar-refractivity contribution in [2.24, 2.45) is 5.92 Å². The maximum Gasteiger partial charge on any atom is 0.225 e. The predicted octanol–water partition coefficient (Wildman–Crippen LogP) is 2.81. The van der Waals surface area contributed by atoms with Crippen molar-refractivity contribution in [1.82, 2.24) is 24.7 Å². The maximum absolute atomic E-state index is 12.8. The summed E-state index contributed by atoms with van der Waals surface area (Å²) in [5.41, 5.74) is 3.75. The van der Waals surface area contributed by atoms with Crippen molar-refractivity contribution in [1.29, 1.82) is 0 Å². The highest BCUT2D eigenvalue weighted by atomic mass is 16.1. The second kappa shape index (κ2) is 7.50. The molecule has 1 atom stereocenters. The molecule has 1 aliphatic rings. The Morgan fingerprint density at radius 1 is 1.14 bits per heavy atom. The van der Waals surface area contributed by atoms with E-state index in [2.05, 4.69) is 30.7 Å². The van der Waals surface area contributed by atoms with Gasteiger partial charge < -0.3 is 14.6 Å². The van der Waals surface area contributed by atoms with Crippen molar-refractivity contribution in [2.45, 2.75) is 19.4 Å². The van der Waals surface area contributed by atoms with Gasteiger partial charge in [0.15, 0.2) is 11.5 Å². The SMILES string of the molecule is O=C(NCc1cccnc1)C1CCCN(c2nc3ncccc3n3cccc23)C1. The van der Waals surface area contributed by atoms with Gasteiger partial charge in [0.25, 0.3) is 0 Å². The van der Waals surface area contributed by atoms with Crippen LogP contribution in [0.25, 0.3) is 16.7 Å². The van der Waals surface area contributed by atoms with Crippen LogP contribution in [0.5, 0.6) is 0 Å². The summed E-state index contributed by atoms with van der Waals surface area (Å²) in [6.45, 7) is 2.05. The van der Waals surface area contributed by atoms with E-state index in [1.807, 2.05) is 36.5 Å². The number of fused-ring (bicyclic) bond motifs is 3. The van der Waals surface area contributed by atoms with Crippen molar-refractivity contribution in [3.8, 4) is 0 Å². The number of rotatable bonds is 4. The third-order valence-corrected chi connectivity index (χ3v) is 5.50. The molecule has 146 valence electrons. The van der Waals surface area contributed by atoms with Crippen LogP contribution < -0.4 is 10.2 Å². The van der Waals surface area contributed by atoms with Gasteiger partial charge in [0.05, 0.1) is 17.0 Å². The normalized spacial score (nSPS) is 17.0. The molecule has 0 spiro atoms. The zero-order valence-electron chi connectivity index (χ0n) is 16.0. The van der Waals surface area contributed by atoms with Gasteiger partial charge in [-0.3, -0.25) is 9.78 Å². The Morgan fingerprint density at radius 3 is 2.93 bits per heavy atom. The molecule has 1 saturated heterocycles. The van der Waals surface area contributed by atoms with Crippen LogP contribution in [0.3, 0.4) is 0 Å². The molecule has 1 aliphatic heterocycles. The molecule has 7 heteroatoms. The van der Waals surface area contributed by atoms with Gasteiger partial charge in [0, 0.05) is 44.4 Å². The Morgan fingerprint density at radius 2 is 2.03 bits per heavy atom. The Labute approximate surface area is 168 Å². The van der Waals surface area contributed by atoms with E-state index >= 15 is 0 Å². The lowest BCUT2D eigenvalue weighted by atomic mass is 9.97. The third-order valence-electron chi connectivity index (χ3n) is 5.50. The second-order valence-corrected chi connectivity index (χ2v) is 7.41. The lowest BCUT2D eigenvalue weighted by molar-refractivity contribution is -0.125. The molecule has 1 amide bonds. The highest BCUT2D eigenvalue weighted by Gasteiger charge is 2.28. The Balaban J connectivity index is 1.38. The zero-order chi connectivity index (χ0) is 19.6. The van der Waals surface area contributed by atoms with Gasteiger partial charge >= 0.3 is 0 Å². The number of carbonyl (C=O) groups is 1. The van der Waals surface area contributed by atoms with Crippen molar-refractivity contribution in [2.75, 3.05) is 18.0 Å². The van der Waals surface area contributed by atoms with Gasteiger partial charge in [-0.2, -0.15) is 0 Å². The number of hydrogen-bond donors (Lipinski definition) is 1. The summed E-state index contributed by atoms with van der Waals surface area (Å²) in [7, 11) is 0. The van der Waals surface area contributed by atoms with E-state index in [9.17, 15) is 4.79 Å². The van der Waals surface area contributed by atoms with Gasteiger partial charge in [-0.05, 0) is 48.7 Å². The first-order chi connectivity index (χ1) is 14.3. The molecular weight excluding hydrogens is 364 g/mol. The molecule has 0 bridgehead atoms. The van der Waals surface area contributed by atoms with Gasteiger partial charge in [-0.25, -0.2) is 9.97 Å². The summed E-state index contributed by atoms with van der Waals surface area (Å²) in [6.07, 6.45) is 9.16. The van der Waals surface area contributed by atoms with Gasteiger partial charge in [0.1, 0.15) is 0 Å². The number of aromatic nitrogens is 4. The summed E-state index contributed by atoms with van der Waals surface area (Å²) in [6, 6.07) is 11.9. The van der Waals surface area contributed by atoms with Crippen LogP contribution in [0, 0.1) is 5.92 Å².